The van der Waals surface area contributed by atoms with Gasteiger partial charge in [-0.25, -0.2) is 0 Å². The van der Waals surface area contributed by atoms with Gasteiger partial charge in [0.25, 0.3) is 5.56 Å². The third-order valence-electron chi connectivity index (χ3n) is 2.72. The number of aromatic nitrogens is 1. The molecule has 16 heavy (non-hydrogen) atoms. The van der Waals surface area contributed by atoms with E-state index in [4.69, 9.17) is 0 Å². The molecule has 1 aromatic carbocycles. The molecule has 3 nitrogen and oxygen atoms in total. The normalized spacial score (nSPS) is 10.8. The molecule has 0 saturated heterocycles. The highest BCUT2D eigenvalue weighted by atomic mass is 16.3. The van der Waals surface area contributed by atoms with Crippen molar-refractivity contribution in [2.45, 2.75) is 26.3 Å². The Bertz CT molecular complexity index is 557. The Hall–Kier alpha value is -1.77. The van der Waals surface area contributed by atoms with E-state index in [9.17, 15) is 9.90 Å². The summed E-state index contributed by atoms with van der Waals surface area (Å²) in [5.41, 5.74) is 0.589. The Balaban J connectivity index is 2.68. The molecule has 0 fully saturated rings. The molecule has 0 atom stereocenters. The van der Waals surface area contributed by atoms with Gasteiger partial charge in [0.2, 0.25) is 0 Å². The minimum atomic E-state index is -0.0533. The Morgan fingerprint density at radius 1 is 1.25 bits per heavy atom. The molecule has 0 bridgehead atoms. The first-order chi connectivity index (χ1) is 7.74. The van der Waals surface area contributed by atoms with Crippen molar-refractivity contribution in [1.29, 1.82) is 0 Å². The highest BCUT2D eigenvalue weighted by Gasteiger charge is 2.06. The molecule has 3 heteroatoms. The van der Waals surface area contributed by atoms with E-state index in [1.165, 1.54) is 0 Å². The largest absolute Gasteiger partial charge is 0.506 e. The minimum Gasteiger partial charge on any atom is -0.506 e. The summed E-state index contributed by atoms with van der Waals surface area (Å²) in [4.78, 5) is 11.7. The minimum absolute atomic E-state index is 0.0533. The maximum atomic E-state index is 11.7. The summed E-state index contributed by atoms with van der Waals surface area (Å²) in [7, 11) is 0. The van der Waals surface area contributed by atoms with Gasteiger partial charge in [0, 0.05) is 18.0 Å². The lowest BCUT2D eigenvalue weighted by Crippen LogP contribution is -2.19. The number of fused-ring (bicyclic) bond motifs is 1. The van der Waals surface area contributed by atoms with Crippen molar-refractivity contribution in [2.24, 2.45) is 0 Å². The van der Waals surface area contributed by atoms with Crippen LogP contribution in [-0.4, -0.2) is 9.67 Å². The molecule has 0 spiro atoms. The quantitative estimate of drug-likeness (QED) is 0.858. The van der Waals surface area contributed by atoms with Crippen molar-refractivity contribution in [3.8, 4) is 5.75 Å². The monoisotopic (exact) mass is 217 g/mol. The Labute approximate surface area is 94.0 Å². The first kappa shape index (κ1) is 10.7. The van der Waals surface area contributed by atoms with E-state index in [1.807, 2.05) is 6.07 Å². The second kappa shape index (κ2) is 4.39. The number of hydrogen-bond donors (Lipinski definition) is 1. The van der Waals surface area contributed by atoms with Crippen molar-refractivity contribution in [3.05, 3.63) is 40.7 Å². The fourth-order valence-corrected chi connectivity index (χ4v) is 1.88. The van der Waals surface area contributed by atoms with Gasteiger partial charge in [-0.3, -0.25) is 4.79 Å². The number of phenolic OH excluding ortho intramolecular Hbond substituents is 1. The summed E-state index contributed by atoms with van der Waals surface area (Å²) in [5, 5.41) is 10.7. The van der Waals surface area contributed by atoms with Crippen molar-refractivity contribution in [1.82, 2.24) is 4.57 Å². The SMILES string of the molecule is CCCCn1c(=O)ccc2cccc(O)c21. The van der Waals surface area contributed by atoms with Crippen LogP contribution in [0.15, 0.2) is 35.1 Å². The highest BCUT2D eigenvalue weighted by Crippen LogP contribution is 2.22. The second-order valence-corrected chi connectivity index (χ2v) is 3.89. The molecule has 0 aliphatic heterocycles. The number of unbranched alkanes of at least 4 members (excludes halogenated alkanes) is 1. The number of rotatable bonds is 3. The van der Waals surface area contributed by atoms with E-state index in [2.05, 4.69) is 6.92 Å². The lowest BCUT2D eigenvalue weighted by atomic mass is 10.2. The van der Waals surface area contributed by atoms with Gasteiger partial charge in [0.1, 0.15) is 5.75 Å². The van der Waals surface area contributed by atoms with Gasteiger partial charge in [-0.15, -0.1) is 0 Å². The predicted molar refractivity (Wildman–Crippen MR) is 64.8 cm³/mol. The average Bonchev–Trinajstić information content (AvgIpc) is 2.28. The van der Waals surface area contributed by atoms with Gasteiger partial charge in [-0.1, -0.05) is 25.5 Å². The number of hydrogen-bond acceptors (Lipinski definition) is 2. The van der Waals surface area contributed by atoms with Crippen LogP contribution in [-0.2, 0) is 6.54 Å². The standard InChI is InChI=1S/C13H15NO2/c1-2-3-9-14-12(16)8-7-10-5-4-6-11(15)13(10)14/h4-8,15H,2-3,9H2,1H3. The van der Waals surface area contributed by atoms with Crippen LogP contribution in [0, 0.1) is 0 Å². The smallest absolute Gasteiger partial charge is 0.251 e. The number of aryl methyl sites for hydroxylation is 1. The molecular weight excluding hydrogens is 202 g/mol. The van der Waals surface area contributed by atoms with Crippen molar-refractivity contribution in [2.75, 3.05) is 0 Å². The number of phenols is 1. The topological polar surface area (TPSA) is 42.2 Å². The summed E-state index contributed by atoms with van der Waals surface area (Å²) in [6, 6.07) is 8.60. The van der Waals surface area contributed by atoms with Crippen LogP contribution in [0.2, 0.25) is 0 Å². The van der Waals surface area contributed by atoms with Gasteiger partial charge < -0.3 is 9.67 Å². The summed E-state index contributed by atoms with van der Waals surface area (Å²) in [6.07, 6.45) is 1.96. The van der Waals surface area contributed by atoms with E-state index in [1.54, 1.807) is 28.8 Å². The maximum absolute atomic E-state index is 11.7. The molecule has 1 heterocycles. The predicted octanol–water partition coefficient (Wildman–Crippen LogP) is 2.51. The van der Waals surface area contributed by atoms with E-state index in [0.29, 0.717) is 12.1 Å². The van der Waals surface area contributed by atoms with Crippen LogP contribution in [0.5, 0.6) is 5.75 Å². The van der Waals surface area contributed by atoms with Crippen LogP contribution in [0.3, 0.4) is 0 Å². The van der Waals surface area contributed by atoms with Crippen LogP contribution >= 0.6 is 0 Å². The van der Waals surface area contributed by atoms with Gasteiger partial charge >= 0.3 is 0 Å². The average molecular weight is 217 g/mol. The molecule has 0 aliphatic carbocycles. The zero-order valence-corrected chi connectivity index (χ0v) is 9.31. The molecular formula is C13H15NO2. The maximum Gasteiger partial charge on any atom is 0.251 e. The summed E-state index contributed by atoms with van der Waals surface area (Å²) in [5.74, 6) is 0.173. The third-order valence-corrected chi connectivity index (χ3v) is 2.72. The summed E-state index contributed by atoms with van der Waals surface area (Å²) in [6.45, 7) is 2.74. The molecule has 2 aromatic rings. The van der Waals surface area contributed by atoms with Crippen LogP contribution < -0.4 is 5.56 Å². The zero-order valence-electron chi connectivity index (χ0n) is 9.31. The number of aromatic hydroxyl groups is 1. The molecule has 0 aliphatic rings. The molecule has 84 valence electrons. The third kappa shape index (κ3) is 1.81. The summed E-state index contributed by atoms with van der Waals surface area (Å²) >= 11 is 0. The van der Waals surface area contributed by atoms with E-state index >= 15 is 0 Å². The Kier molecular flexibility index (Phi) is 2.95. The van der Waals surface area contributed by atoms with E-state index in [0.717, 1.165) is 18.2 Å². The molecule has 0 saturated carbocycles. The number of pyridine rings is 1. The van der Waals surface area contributed by atoms with Crippen molar-refractivity contribution in [3.63, 3.8) is 0 Å². The number of nitrogens with zero attached hydrogens (tertiary/aromatic N) is 1. The Morgan fingerprint density at radius 2 is 2.06 bits per heavy atom. The number of para-hydroxylation sites is 1. The van der Waals surface area contributed by atoms with E-state index < -0.39 is 0 Å². The van der Waals surface area contributed by atoms with Crippen LogP contribution in [0.4, 0.5) is 0 Å². The van der Waals surface area contributed by atoms with Gasteiger partial charge in [0.05, 0.1) is 5.52 Å². The van der Waals surface area contributed by atoms with Gasteiger partial charge in [-0.05, 0) is 18.6 Å². The molecule has 1 N–H and O–H groups in total. The lowest BCUT2D eigenvalue weighted by Gasteiger charge is -2.10. The fraction of sp³-hybridized carbons (Fsp3) is 0.308. The molecule has 1 aromatic heterocycles. The molecule has 0 unspecified atom stereocenters. The van der Waals surface area contributed by atoms with E-state index in [-0.39, 0.29) is 11.3 Å². The number of benzene rings is 1. The Morgan fingerprint density at radius 3 is 2.81 bits per heavy atom. The van der Waals surface area contributed by atoms with Gasteiger partial charge in [-0.2, -0.15) is 0 Å². The zero-order chi connectivity index (χ0) is 11.5. The molecule has 0 radical (unpaired) electrons. The first-order valence-corrected chi connectivity index (χ1v) is 5.55. The second-order valence-electron chi connectivity index (χ2n) is 3.89. The van der Waals surface area contributed by atoms with Crippen molar-refractivity contribution < 1.29 is 5.11 Å². The molecule has 2 rings (SSSR count). The fourth-order valence-electron chi connectivity index (χ4n) is 1.88. The highest BCUT2D eigenvalue weighted by molar-refractivity contribution is 5.84. The van der Waals surface area contributed by atoms with Crippen LogP contribution in [0.1, 0.15) is 19.8 Å². The summed E-state index contributed by atoms with van der Waals surface area (Å²) < 4.78 is 1.65. The van der Waals surface area contributed by atoms with Crippen LogP contribution in [0.25, 0.3) is 10.9 Å². The lowest BCUT2D eigenvalue weighted by molar-refractivity contribution is 0.475. The first-order valence-electron chi connectivity index (χ1n) is 5.55. The van der Waals surface area contributed by atoms with Gasteiger partial charge in [0.15, 0.2) is 0 Å². The molecule has 0 amide bonds. The van der Waals surface area contributed by atoms with Crippen molar-refractivity contribution >= 4 is 10.9 Å².